The first-order valence-corrected chi connectivity index (χ1v) is 7.62. The fourth-order valence-corrected chi connectivity index (χ4v) is 3.53. The summed E-state index contributed by atoms with van der Waals surface area (Å²) >= 11 is 3.37. The Labute approximate surface area is 121 Å². The molecular formula is C15H18BrNO2. The van der Waals surface area contributed by atoms with Gasteiger partial charge in [-0.25, -0.2) is 0 Å². The van der Waals surface area contributed by atoms with Crippen LogP contribution in [0.15, 0.2) is 22.7 Å². The Bertz CT molecular complexity index is 511. The number of benzene rings is 1. The molecule has 0 amide bonds. The van der Waals surface area contributed by atoms with E-state index in [-0.39, 0.29) is 17.3 Å². The minimum atomic E-state index is 0.00268. The Morgan fingerprint density at radius 3 is 2.84 bits per heavy atom. The van der Waals surface area contributed by atoms with Gasteiger partial charge < -0.3 is 10.5 Å². The molecule has 19 heavy (non-hydrogen) atoms. The highest BCUT2D eigenvalue weighted by Gasteiger charge is 2.44. The highest BCUT2D eigenvalue weighted by molar-refractivity contribution is 9.10. The summed E-state index contributed by atoms with van der Waals surface area (Å²) in [6, 6.07) is 5.50. The maximum absolute atomic E-state index is 12.6. The first-order chi connectivity index (χ1) is 9.10. The third-order valence-electron chi connectivity index (χ3n) is 4.41. The molecule has 1 aliphatic carbocycles. The predicted molar refractivity (Wildman–Crippen MR) is 78.1 cm³/mol. The lowest BCUT2D eigenvalue weighted by Crippen LogP contribution is -2.47. The molecule has 1 unspecified atom stereocenters. The van der Waals surface area contributed by atoms with Crippen LogP contribution in [0.5, 0.6) is 0 Å². The Hall–Kier alpha value is -0.870. The van der Waals surface area contributed by atoms with Gasteiger partial charge in [0.2, 0.25) is 0 Å². The largest absolute Gasteiger partial charge is 0.398 e. The average Bonchev–Trinajstić information content (AvgIpc) is 2.36. The third-order valence-corrected chi connectivity index (χ3v) is 4.90. The van der Waals surface area contributed by atoms with Crippen molar-refractivity contribution >= 4 is 27.4 Å². The average molecular weight is 324 g/mol. The fourth-order valence-electron chi connectivity index (χ4n) is 3.15. The first-order valence-electron chi connectivity index (χ1n) is 6.83. The molecule has 1 saturated heterocycles. The minimum absolute atomic E-state index is 0.00268. The summed E-state index contributed by atoms with van der Waals surface area (Å²) < 4.78 is 6.78. The summed E-state index contributed by atoms with van der Waals surface area (Å²) in [5.41, 5.74) is 7.18. The predicted octanol–water partition coefficient (Wildman–Crippen LogP) is 3.56. The summed E-state index contributed by atoms with van der Waals surface area (Å²) in [7, 11) is 0. The Balaban J connectivity index is 1.79. The highest BCUT2D eigenvalue weighted by atomic mass is 79.9. The molecule has 102 valence electrons. The maximum atomic E-state index is 12.6. The number of Topliss-reactive ketones (excluding diaryl/α,β-unsaturated/α-hetero) is 1. The van der Waals surface area contributed by atoms with Crippen LogP contribution in [0.3, 0.4) is 0 Å². The first kappa shape index (κ1) is 13.1. The van der Waals surface area contributed by atoms with Crippen LogP contribution < -0.4 is 5.73 Å². The molecular weight excluding hydrogens is 306 g/mol. The third kappa shape index (κ3) is 2.43. The zero-order valence-electron chi connectivity index (χ0n) is 10.8. The summed E-state index contributed by atoms with van der Waals surface area (Å²) in [6.07, 6.45) is 5.11. The van der Waals surface area contributed by atoms with E-state index in [2.05, 4.69) is 15.9 Å². The van der Waals surface area contributed by atoms with E-state index in [0.29, 0.717) is 17.9 Å². The normalized spacial score (nSPS) is 25.0. The topological polar surface area (TPSA) is 52.3 Å². The summed E-state index contributed by atoms with van der Waals surface area (Å²) in [4.78, 5) is 12.6. The van der Waals surface area contributed by atoms with Crippen molar-refractivity contribution in [3.8, 4) is 0 Å². The van der Waals surface area contributed by atoms with E-state index in [4.69, 9.17) is 10.5 Å². The van der Waals surface area contributed by atoms with Gasteiger partial charge >= 0.3 is 0 Å². The number of hydrogen-bond acceptors (Lipinski definition) is 3. The van der Waals surface area contributed by atoms with Crippen LogP contribution in [-0.4, -0.2) is 18.0 Å². The number of ketones is 1. The van der Waals surface area contributed by atoms with Crippen LogP contribution in [0.25, 0.3) is 0 Å². The number of nitrogens with two attached hydrogens (primary N) is 1. The van der Waals surface area contributed by atoms with Crippen molar-refractivity contribution in [3.05, 3.63) is 28.2 Å². The molecule has 0 bridgehead atoms. The standard InChI is InChI=1S/C15H18BrNO2/c16-11-2-3-12(13(17)8-11)14(18)10-4-7-19-15(9-10)5-1-6-15/h2-3,8,10H,1,4-7,9,17H2. The number of rotatable bonds is 2. The van der Waals surface area contributed by atoms with Gasteiger partial charge in [-0.1, -0.05) is 15.9 Å². The second-order valence-corrected chi connectivity index (χ2v) is 6.59. The number of halogens is 1. The molecule has 1 aromatic carbocycles. The van der Waals surface area contributed by atoms with Crippen LogP contribution in [0, 0.1) is 5.92 Å². The number of hydrogen-bond donors (Lipinski definition) is 1. The summed E-state index contributed by atoms with van der Waals surface area (Å²) in [5, 5.41) is 0. The number of anilines is 1. The maximum Gasteiger partial charge on any atom is 0.168 e. The summed E-state index contributed by atoms with van der Waals surface area (Å²) in [6.45, 7) is 0.701. The lowest BCUT2D eigenvalue weighted by atomic mass is 9.70. The second kappa shape index (κ2) is 4.91. The molecule has 3 nitrogen and oxygen atoms in total. The van der Waals surface area contributed by atoms with Crippen LogP contribution in [-0.2, 0) is 4.74 Å². The van der Waals surface area contributed by atoms with Gasteiger partial charge in [0.05, 0.1) is 5.60 Å². The van der Waals surface area contributed by atoms with E-state index in [1.54, 1.807) is 6.07 Å². The summed E-state index contributed by atoms with van der Waals surface area (Å²) in [5.74, 6) is 0.247. The van der Waals surface area contributed by atoms with Gasteiger partial charge in [0.15, 0.2) is 5.78 Å². The molecule has 1 heterocycles. The second-order valence-electron chi connectivity index (χ2n) is 5.67. The molecule has 1 spiro atoms. The van der Waals surface area contributed by atoms with E-state index in [1.807, 2.05) is 12.1 Å². The zero-order chi connectivity index (χ0) is 13.5. The van der Waals surface area contributed by atoms with Gasteiger partial charge in [0.1, 0.15) is 0 Å². The molecule has 1 aromatic rings. The number of carbonyl (C=O) groups is 1. The van der Waals surface area contributed by atoms with Crippen molar-refractivity contribution in [1.29, 1.82) is 0 Å². The van der Waals surface area contributed by atoms with Gasteiger partial charge in [0.25, 0.3) is 0 Å². The Morgan fingerprint density at radius 2 is 2.21 bits per heavy atom. The fraction of sp³-hybridized carbons (Fsp3) is 0.533. The SMILES string of the molecule is Nc1cc(Br)ccc1C(=O)C1CCOC2(CCC2)C1. The quantitative estimate of drug-likeness (QED) is 0.668. The van der Waals surface area contributed by atoms with Gasteiger partial charge in [0, 0.05) is 28.2 Å². The number of carbonyl (C=O) groups excluding carboxylic acids is 1. The van der Waals surface area contributed by atoms with Crippen LogP contribution in [0.4, 0.5) is 5.69 Å². The molecule has 4 heteroatoms. The van der Waals surface area contributed by atoms with Gasteiger partial charge in [-0.15, -0.1) is 0 Å². The van der Waals surface area contributed by atoms with E-state index in [9.17, 15) is 4.79 Å². The highest BCUT2D eigenvalue weighted by Crippen LogP contribution is 2.45. The van der Waals surface area contributed by atoms with Crippen molar-refractivity contribution in [2.45, 2.75) is 37.7 Å². The van der Waals surface area contributed by atoms with E-state index in [1.165, 1.54) is 6.42 Å². The van der Waals surface area contributed by atoms with Crippen molar-refractivity contribution in [3.63, 3.8) is 0 Å². The monoisotopic (exact) mass is 323 g/mol. The molecule has 3 rings (SSSR count). The molecule has 2 N–H and O–H groups in total. The van der Waals surface area contributed by atoms with Gasteiger partial charge in [-0.3, -0.25) is 4.79 Å². The molecule has 0 radical (unpaired) electrons. The number of ether oxygens (including phenoxy) is 1. The van der Waals surface area contributed by atoms with Gasteiger partial charge in [-0.05, 0) is 50.3 Å². The molecule has 0 aromatic heterocycles. The van der Waals surface area contributed by atoms with Crippen LogP contribution in [0.2, 0.25) is 0 Å². The molecule has 2 fully saturated rings. The lowest BCUT2D eigenvalue weighted by Gasteiger charge is -2.46. The smallest absolute Gasteiger partial charge is 0.168 e. The van der Waals surface area contributed by atoms with Crippen LogP contribution in [0.1, 0.15) is 42.5 Å². The Morgan fingerprint density at radius 1 is 1.42 bits per heavy atom. The van der Waals surface area contributed by atoms with E-state index >= 15 is 0 Å². The Kier molecular flexibility index (Phi) is 3.39. The van der Waals surface area contributed by atoms with E-state index in [0.717, 1.165) is 30.2 Å². The minimum Gasteiger partial charge on any atom is -0.398 e. The molecule has 1 saturated carbocycles. The van der Waals surface area contributed by atoms with Crippen molar-refractivity contribution in [1.82, 2.24) is 0 Å². The zero-order valence-corrected chi connectivity index (χ0v) is 12.4. The number of nitrogen functional groups attached to an aromatic ring is 1. The van der Waals surface area contributed by atoms with Crippen LogP contribution >= 0.6 is 15.9 Å². The molecule has 2 aliphatic rings. The van der Waals surface area contributed by atoms with Crippen molar-refractivity contribution in [2.24, 2.45) is 5.92 Å². The molecule has 1 aliphatic heterocycles. The van der Waals surface area contributed by atoms with Gasteiger partial charge in [-0.2, -0.15) is 0 Å². The molecule has 1 atom stereocenters. The van der Waals surface area contributed by atoms with E-state index < -0.39 is 0 Å². The van der Waals surface area contributed by atoms with Crippen molar-refractivity contribution in [2.75, 3.05) is 12.3 Å². The lowest BCUT2D eigenvalue weighted by molar-refractivity contribution is -0.137. The van der Waals surface area contributed by atoms with Crippen molar-refractivity contribution < 1.29 is 9.53 Å².